The average Bonchev–Trinajstić information content (AvgIpc) is 2.55. The first kappa shape index (κ1) is 18.6. The Morgan fingerprint density at radius 2 is 1.77 bits per heavy atom. The third-order valence-electron chi connectivity index (χ3n) is 3.93. The van der Waals surface area contributed by atoms with Gasteiger partial charge in [-0.05, 0) is 43.9 Å². The maximum atomic E-state index is 12.3. The van der Waals surface area contributed by atoms with Crippen molar-refractivity contribution in [1.29, 1.82) is 0 Å². The monoisotopic (exact) mass is 301 g/mol. The van der Waals surface area contributed by atoms with Gasteiger partial charge in [-0.25, -0.2) is 0 Å². The summed E-state index contributed by atoms with van der Waals surface area (Å²) in [4.78, 5) is 12.3. The largest absolute Gasteiger partial charge is 0.330 e. The summed E-state index contributed by atoms with van der Waals surface area (Å²) in [5, 5.41) is 0. The van der Waals surface area contributed by atoms with Crippen LogP contribution in [0.5, 0.6) is 0 Å². The molecule has 0 bridgehead atoms. The molecule has 0 aliphatic carbocycles. The molecule has 0 unspecified atom stereocenters. The van der Waals surface area contributed by atoms with Crippen molar-refractivity contribution < 1.29 is 4.79 Å². The maximum Gasteiger partial charge on any atom is 0.185 e. The second-order valence-corrected chi connectivity index (χ2v) is 5.87. The van der Waals surface area contributed by atoms with Crippen LogP contribution >= 0.6 is 0 Å². The number of aryl methyl sites for hydroxylation is 1. The fraction of sp³-hybridized carbons (Fsp3) is 0.550. The number of rotatable bonds is 12. The molecular weight excluding hydrogens is 270 g/mol. The molecule has 0 amide bonds. The lowest BCUT2D eigenvalue weighted by Gasteiger charge is -2.05. The van der Waals surface area contributed by atoms with E-state index in [-0.39, 0.29) is 5.78 Å². The van der Waals surface area contributed by atoms with Gasteiger partial charge in [-0.1, -0.05) is 69.4 Å². The predicted octanol–water partition coefficient (Wildman–Crippen LogP) is 5.07. The van der Waals surface area contributed by atoms with Gasteiger partial charge in [-0.15, -0.1) is 0 Å². The summed E-state index contributed by atoms with van der Waals surface area (Å²) in [6, 6.07) is 7.87. The first-order valence-corrected chi connectivity index (χ1v) is 8.78. The molecule has 0 aromatic heterocycles. The molecule has 22 heavy (non-hydrogen) atoms. The van der Waals surface area contributed by atoms with Gasteiger partial charge in [-0.3, -0.25) is 4.79 Å². The summed E-state index contributed by atoms with van der Waals surface area (Å²) in [5.41, 5.74) is 7.50. The zero-order valence-electron chi connectivity index (χ0n) is 14.0. The summed E-state index contributed by atoms with van der Waals surface area (Å²) in [6.07, 6.45) is 14.3. The minimum atomic E-state index is 0.124. The van der Waals surface area contributed by atoms with Gasteiger partial charge >= 0.3 is 0 Å². The Morgan fingerprint density at radius 1 is 1.05 bits per heavy atom. The molecule has 0 aliphatic rings. The Hall–Kier alpha value is -1.41. The van der Waals surface area contributed by atoms with Crippen LogP contribution in [-0.4, -0.2) is 12.3 Å². The Morgan fingerprint density at radius 3 is 2.55 bits per heavy atom. The Balaban J connectivity index is 2.36. The van der Waals surface area contributed by atoms with E-state index in [1.807, 2.05) is 30.3 Å². The number of benzene rings is 1. The zero-order chi connectivity index (χ0) is 16.0. The fourth-order valence-electron chi connectivity index (χ4n) is 2.59. The highest BCUT2D eigenvalue weighted by Crippen LogP contribution is 2.13. The maximum absolute atomic E-state index is 12.3. The van der Waals surface area contributed by atoms with Crippen molar-refractivity contribution in [2.45, 2.75) is 64.7 Å². The number of carbonyl (C=O) groups is 1. The number of nitrogens with two attached hydrogens (primary N) is 1. The molecule has 2 nitrogen and oxygen atoms in total. The van der Waals surface area contributed by atoms with E-state index in [1.54, 1.807) is 6.08 Å². The highest BCUT2D eigenvalue weighted by Gasteiger charge is 2.07. The van der Waals surface area contributed by atoms with Crippen LogP contribution < -0.4 is 5.73 Å². The van der Waals surface area contributed by atoms with E-state index < -0.39 is 0 Å². The standard InChI is InChI=1S/C20H31NO/c1-2-3-4-5-6-7-8-9-16-20(22)19-15-11-10-13-18(19)14-12-17-21/h9-11,13,15-16H,2-8,12,14,17,21H2,1H3. The Labute approximate surface area is 135 Å². The van der Waals surface area contributed by atoms with Crippen molar-refractivity contribution in [1.82, 2.24) is 0 Å². The number of hydrogen-bond acceptors (Lipinski definition) is 2. The van der Waals surface area contributed by atoms with E-state index in [0.29, 0.717) is 6.54 Å². The molecule has 0 saturated carbocycles. The van der Waals surface area contributed by atoms with Crippen molar-refractivity contribution in [3.8, 4) is 0 Å². The molecule has 0 fully saturated rings. The van der Waals surface area contributed by atoms with Gasteiger partial charge in [0.25, 0.3) is 0 Å². The van der Waals surface area contributed by atoms with Crippen molar-refractivity contribution >= 4 is 5.78 Å². The van der Waals surface area contributed by atoms with Crippen LogP contribution in [0.25, 0.3) is 0 Å². The van der Waals surface area contributed by atoms with E-state index in [9.17, 15) is 4.79 Å². The van der Waals surface area contributed by atoms with Crippen LogP contribution in [0.4, 0.5) is 0 Å². The smallest absolute Gasteiger partial charge is 0.185 e. The van der Waals surface area contributed by atoms with Gasteiger partial charge in [0.05, 0.1) is 0 Å². The Bertz CT molecular complexity index is 451. The molecule has 0 atom stereocenters. The molecule has 0 spiro atoms. The molecule has 1 aromatic carbocycles. The lowest BCUT2D eigenvalue weighted by atomic mass is 9.99. The van der Waals surface area contributed by atoms with Gasteiger partial charge in [0.2, 0.25) is 0 Å². The number of allylic oxidation sites excluding steroid dienone is 2. The van der Waals surface area contributed by atoms with Crippen LogP contribution in [0.3, 0.4) is 0 Å². The fourth-order valence-corrected chi connectivity index (χ4v) is 2.59. The third kappa shape index (κ3) is 7.56. The second-order valence-electron chi connectivity index (χ2n) is 5.87. The highest BCUT2D eigenvalue weighted by atomic mass is 16.1. The van der Waals surface area contributed by atoms with E-state index in [2.05, 4.69) is 6.92 Å². The highest BCUT2D eigenvalue weighted by molar-refractivity contribution is 6.05. The van der Waals surface area contributed by atoms with E-state index >= 15 is 0 Å². The summed E-state index contributed by atoms with van der Waals surface area (Å²) < 4.78 is 0. The van der Waals surface area contributed by atoms with Gasteiger partial charge in [0, 0.05) is 5.56 Å². The minimum Gasteiger partial charge on any atom is -0.330 e. The SMILES string of the molecule is CCCCCCCCC=CC(=O)c1ccccc1CCCN. The molecule has 2 heteroatoms. The van der Waals surface area contributed by atoms with Gasteiger partial charge < -0.3 is 5.73 Å². The Kier molecular flexibility index (Phi) is 10.3. The molecular formula is C20H31NO. The number of unbranched alkanes of at least 4 members (excludes halogenated alkanes) is 6. The van der Waals surface area contributed by atoms with Crippen LogP contribution in [0.2, 0.25) is 0 Å². The average molecular weight is 301 g/mol. The summed E-state index contributed by atoms with van der Waals surface area (Å²) in [5.74, 6) is 0.124. The second kappa shape index (κ2) is 12.2. The summed E-state index contributed by atoms with van der Waals surface area (Å²) in [7, 11) is 0. The topological polar surface area (TPSA) is 43.1 Å². The molecule has 0 heterocycles. The van der Waals surface area contributed by atoms with Gasteiger partial charge in [0.1, 0.15) is 0 Å². The predicted molar refractivity (Wildman–Crippen MR) is 95.3 cm³/mol. The molecule has 1 aromatic rings. The van der Waals surface area contributed by atoms with Crippen LogP contribution in [0.1, 0.15) is 74.2 Å². The van der Waals surface area contributed by atoms with Crippen LogP contribution in [0.15, 0.2) is 36.4 Å². The minimum absolute atomic E-state index is 0.124. The first-order chi connectivity index (χ1) is 10.8. The van der Waals surface area contributed by atoms with Gasteiger partial charge in [-0.2, -0.15) is 0 Å². The first-order valence-electron chi connectivity index (χ1n) is 8.78. The van der Waals surface area contributed by atoms with Crippen molar-refractivity contribution in [3.63, 3.8) is 0 Å². The van der Waals surface area contributed by atoms with E-state index in [1.165, 1.54) is 38.5 Å². The molecule has 0 saturated heterocycles. The lowest BCUT2D eigenvalue weighted by Crippen LogP contribution is -2.05. The van der Waals surface area contributed by atoms with Crippen LogP contribution in [0, 0.1) is 0 Å². The number of ketones is 1. The molecule has 2 N–H and O–H groups in total. The molecule has 0 radical (unpaired) electrons. The van der Waals surface area contributed by atoms with E-state index in [4.69, 9.17) is 5.73 Å². The van der Waals surface area contributed by atoms with E-state index in [0.717, 1.165) is 30.4 Å². The molecule has 122 valence electrons. The van der Waals surface area contributed by atoms with Crippen molar-refractivity contribution in [2.75, 3.05) is 6.54 Å². The van der Waals surface area contributed by atoms with Crippen molar-refractivity contribution in [3.05, 3.63) is 47.5 Å². The normalized spacial score (nSPS) is 11.2. The summed E-state index contributed by atoms with van der Waals surface area (Å²) in [6.45, 7) is 2.90. The summed E-state index contributed by atoms with van der Waals surface area (Å²) >= 11 is 0. The molecule has 0 aliphatic heterocycles. The van der Waals surface area contributed by atoms with Crippen molar-refractivity contribution in [2.24, 2.45) is 5.73 Å². The number of hydrogen-bond donors (Lipinski definition) is 1. The third-order valence-corrected chi connectivity index (χ3v) is 3.93. The van der Waals surface area contributed by atoms with Crippen LogP contribution in [-0.2, 0) is 6.42 Å². The lowest BCUT2D eigenvalue weighted by molar-refractivity contribution is 0.104. The van der Waals surface area contributed by atoms with Gasteiger partial charge in [0.15, 0.2) is 5.78 Å². The number of carbonyl (C=O) groups excluding carboxylic acids is 1. The molecule has 1 rings (SSSR count). The zero-order valence-corrected chi connectivity index (χ0v) is 14.0. The quantitative estimate of drug-likeness (QED) is 0.333.